The van der Waals surface area contributed by atoms with Gasteiger partial charge in [-0.15, -0.1) is 0 Å². The van der Waals surface area contributed by atoms with Crippen LogP contribution >= 0.6 is 0 Å². The molecule has 0 saturated carbocycles. The molecular formula is C20H26N2O2. The van der Waals surface area contributed by atoms with Gasteiger partial charge in [-0.05, 0) is 37.2 Å². The maximum Gasteiger partial charge on any atom is 0.236 e. The first-order valence-corrected chi connectivity index (χ1v) is 8.26. The summed E-state index contributed by atoms with van der Waals surface area (Å²) in [5.41, 5.74) is 2.31. The number of rotatable bonds is 8. The lowest BCUT2D eigenvalue weighted by atomic mass is 10.2. The number of amides is 1. The summed E-state index contributed by atoms with van der Waals surface area (Å²) in [4.78, 5) is 16.2. The fraction of sp³-hybridized carbons (Fsp3) is 0.350. The Balaban J connectivity index is 1.82. The number of ether oxygens (including phenoxy) is 1. The molecular weight excluding hydrogens is 300 g/mol. The third-order valence-corrected chi connectivity index (χ3v) is 3.78. The van der Waals surface area contributed by atoms with Gasteiger partial charge in [0.1, 0.15) is 5.75 Å². The van der Waals surface area contributed by atoms with E-state index in [2.05, 4.69) is 12.1 Å². The molecule has 2 aromatic carbocycles. The fourth-order valence-electron chi connectivity index (χ4n) is 2.52. The highest BCUT2D eigenvalue weighted by Crippen LogP contribution is 2.13. The summed E-state index contributed by atoms with van der Waals surface area (Å²) in [5, 5.41) is 0. The van der Waals surface area contributed by atoms with Gasteiger partial charge in [0.05, 0.1) is 13.2 Å². The van der Waals surface area contributed by atoms with Gasteiger partial charge in [0.15, 0.2) is 0 Å². The number of carbonyl (C=O) groups is 1. The maximum atomic E-state index is 12.4. The van der Waals surface area contributed by atoms with Crippen molar-refractivity contribution in [2.24, 2.45) is 0 Å². The molecule has 2 aromatic rings. The van der Waals surface area contributed by atoms with Crippen molar-refractivity contribution in [1.29, 1.82) is 0 Å². The van der Waals surface area contributed by atoms with Crippen LogP contribution in [0.1, 0.15) is 18.1 Å². The summed E-state index contributed by atoms with van der Waals surface area (Å²) in [6.07, 6.45) is 0. The zero-order chi connectivity index (χ0) is 17.4. The monoisotopic (exact) mass is 326 g/mol. The summed E-state index contributed by atoms with van der Waals surface area (Å²) in [5.74, 6) is 0.972. The summed E-state index contributed by atoms with van der Waals surface area (Å²) in [6, 6.07) is 18.1. The lowest BCUT2D eigenvalue weighted by molar-refractivity contribution is -0.131. The molecule has 4 heteroatoms. The van der Waals surface area contributed by atoms with Crippen LogP contribution in [-0.2, 0) is 17.9 Å². The van der Waals surface area contributed by atoms with E-state index in [1.54, 1.807) is 4.90 Å². The molecule has 0 aliphatic heterocycles. The molecule has 0 saturated heterocycles. The standard InChI is InChI=1S/C20H26N2O2/c1-4-24-19-12-10-18(11-13-19)15-22(3)20(23)16-21(2)14-17-8-6-5-7-9-17/h5-13H,4,14-16H2,1-3H3. The van der Waals surface area contributed by atoms with Crippen molar-refractivity contribution in [3.63, 3.8) is 0 Å². The summed E-state index contributed by atoms with van der Waals surface area (Å²) in [6.45, 7) is 4.40. The number of carbonyl (C=O) groups excluding carboxylic acids is 1. The Morgan fingerprint density at radius 2 is 1.54 bits per heavy atom. The third-order valence-electron chi connectivity index (χ3n) is 3.78. The highest BCUT2D eigenvalue weighted by Gasteiger charge is 2.12. The van der Waals surface area contributed by atoms with Crippen LogP contribution in [0.4, 0.5) is 0 Å². The minimum Gasteiger partial charge on any atom is -0.494 e. The van der Waals surface area contributed by atoms with Crippen LogP contribution in [0.15, 0.2) is 54.6 Å². The van der Waals surface area contributed by atoms with E-state index < -0.39 is 0 Å². The molecule has 128 valence electrons. The van der Waals surface area contributed by atoms with Crippen LogP contribution in [0.5, 0.6) is 5.75 Å². The molecule has 0 bridgehead atoms. The van der Waals surface area contributed by atoms with Gasteiger partial charge in [-0.1, -0.05) is 42.5 Å². The molecule has 0 aliphatic carbocycles. The molecule has 2 rings (SSSR count). The van der Waals surface area contributed by atoms with Gasteiger partial charge >= 0.3 is 0 Å². The van der Waals surface area contributed by atoms with Gasteiger partial charge in [-0.2, -0.15) is 0 Å². The Morgan fingerprint density at radius 1 is 0.917 bits per heavy atom. The van der Waals surface area contributed by atoms with Gasteiger partial charge in [-0.25, -0.2) is 0 Å². The first kappa shape index (κ1) is 18.0. The topological polar surface area (TPSA) is 32.8 Å². The van der Waals surface area contributed by atoms with Crippen molar-refractivity contribution >= 4 is 5.91 Å². The zero-order valence-electron chi connectivity index (χ0n) is 14.7. The van der Waals surface area contributed by atoms with Gasteiger partial charge < -0.3 is 9.64 Å². The lowest BCUT2D eigenvalue weighted by Gasteiger charge is -2.22. The second kappa shape index (κ2) is 9.08. The number of benzene rings is 2. The van der Waals surface area contributed by atoms with Crippen LogP contribution in [0.3, 0.4) is 0 Å². The van der Waals surface area contributed by atoms with Crippen molar-refractivity contribution in [3.05, 3.63) is 65.7 Å². The fourth-order valence-corrected chi connectivity index (χ4v) is 2.52. The second-order valence-corrected chi connectivity index (χ2v) is 5.98. The van der Waals surface area contributed by atoms with Gasteiger partial charge in [0.2, 0.25) is 5.91 Å². The molecule has 0 atom stereocenters. The Hall–Kier alpha value is -2.33. The van der Waals surface area contributed by atoms with E-state index in [1.165, 1.54) is 5.56 Å². The average molecular weight is 326 g/mol. The van der Waals surface area contributed by atoms with Crippen LogP contribution in [0.2, 0.25) is 0 Å². The molecule has 4 nitrogen and oxygen atoms in total. The average Bonchev–Trinajstić information content (AvgIpc) is 2.57. The Morgan fingerprint density at radius 3 is 2.17 bits per heavy atom. The molecule has 1 amide bonds. The molecule has 0 fully saturated rings. The first-order chi connectivity index (χ1) is 11.6. The zero-order valence-corrected chi connectivity index (χ0v) is 14.7. The Kier molecular flexibility index (Phi) is 6.82. The van der Waals surface area contributed by atoms with E-state index in [9.17, 15) is 4.79 Å². The number of nitrogens with zero attached hydrogens (tertiary/aromatic N) is 2. The van der Waals surface area contributed by atoms with E-state index in [4.69, 9.17) is 4.74 Å². The van der Waals surface area contributed by atoms with Crippen LogP contribution < -0.4 is 4.74 Å². The molecule has 24 heavy (non-hydrogen) atoms. The van der Waals surface area contributed by atoms with Gasteiger partial charge in [0.25, 0.3) is 0 Å². The lowest BCUT2D eigenvalue weighted by Crippen LogP contribution is -2.36. The largest absolute Gasteiger partial charge is 0.494 e. The van der Waals surface area contributed by atoms with E-state index in [0.29, 0.717) is 19.7 Å². The molecule has 0 unspecified atom stereocenters. The van der Waals surface area contributed by atoms with Crippen molar-refractivity contribution in [2.75, 3.05) is 27.2 Å². The Labute approximate surface area is 144 Å². The van der Waals surface area contributed by atoms with Gasteiger partial charge in [-0.3, -0.25) is 9.69 Å². The van der Waals surface area contributed by atoms with Crippen LogP contribution in [-0.4, -0.2) is 43.0 Å². The number of hydrogen-bond donors (Lipinski definition) is 0. The van der Waals surface area contributed by atoms with Crippen molar-refractivity contribution in [3.8, 4) is 5.75 Å². The Bertz CT molecular complexity index is 626. The van der Waals surface area contributed by atoms with Crippen LogP contribution in [0.25, 0.3) is 0 Å². The highest BCUT2D eigenvalue weighted by atomic mass is 16.5. The smallest absolute Gasteiger partial charge is 0.236 e. The normalized spacial score (nSPS) is 10.7. The van der Waals surface area contributed by atoms with Crippen molar-refractivity contribution < 1.29 is 9.53 Å². The number of hydrogen-bond acceptors (Lipinski definition) is 3. The van der Waals surface area contributed by atoms with E-state index in [1.807, 2.05) is 68.4 Å². The van der Waals surface area contributed by atoms with Crippen molar-refractivity contribution in [2.45, 2.75) is 20.0 Å². The predicted molar refractivity (Wildman–Crippen MR) is 96.9 cm³/mol. The first-order valence-electron chi connectivity index (χ1n) is 8.26. The predicted octanol–water partition coefficient (Wildman–Crippen LogP) is 3.18. The molecule has 0 heterocycles. The molecule has 0 aromatic heterocycles. The minimum absolute atomic E-state index is 0.113. The van der Waals surface area contributed by atoms with E-state index in [-0.39, 0.29) is 5.91 Å². The maximum absolute atomic E-state index is 12.4. The summed E-state index contributed by atoms with van der Waals surface area (Å²) < 4.78 is 5.44. The van der Waals surface area contributed by atoms with Crippen molar-refractivity contribution in [1.82, 2.24) is 9.80 Å². The van der Waals surface area contributed by atoms with E-state index >= 15 is 0 Å². The summed E-state index contributed by atoms with van der Waals surface area (Å²) >= 11 is 0. The quantitative estimate of drug-likeness (QED) is 0.747. The summed E-state index contributed by atoms with van der Waals surface area (Å²) in [7, 11) is 3.81. The second-order valence-electron chi connectivity index (χ2n) is 5.98. The minimum atomic E-state index is 0.113. The molecule has 0 N–H and O–H groups in total. The van der Waals surface area contributed by atoms with Crippen LogP contribution in [0, 0.1) is 0 Å². The van der Waals surface area contributed by atoms with Gasteiger partial charge in [0, 0.05) is 20.1 Å². The van der Waals surface area contributed by atoms with E-state index in [0.717, 1.165) is 17.9 Å². The molecule has 0 radical (unpaired) electrons. The highest BCUT2D eigenvalue weighted by molar-refractivity contribution is 5.77. The number of likely N-dealkylation sites (N-methyl/N-ethyl adjacent to an activating group) is 2. The SMILES string of the molecule is CCOc1ccc(CN(C)C(=O)CN(C)Cc2ccccc2)cc1. The molecule has 0 aliphatic rings. The molecule has 0 spiro atoms. The third kappa shape index (κ3) is 5.70.